The highest BCUT2D eigenvalue weighted by Gasteiger charge is 2.25. The van der Waals surface area contributed by atoms with Gasteiger partial charge in [-0.1, -0.05) is 11.6 Å². The highest BCUT2D eigenvalue weighted by Crippen LogP contribution is 2.24. The van der Waals surface area contributed by atoms with Gasteiger partial charge in [0.05, 0.1) is 11.4 Å². The van der Waals surface area contributed by atoms with Crippen LogP contribution in [0.1, 0.15) is 36.0 Å². The summed E-state index contributed by atoms with van der Waals surface area (Å²) in [7, 11) is -3.88. The Morgan fingerprint density at radius 2 is 1.92 bits per heavy atom. The summed E-state index contributed by atoms with van der Waals surface area (Å²) < 4.78 is 32.8. The molecule has 1 saturated heterocycles. The topological polar surface area (TPSA) is 110 Å². The van der Waals surface area contributed by atoms with Crippen molar-refractivity contribution >= 4 is 33.4 Å². The van der Waals surface area contributed by atoms with Gasteiger partial charge >= 0.3 is 5.97 Å². The van der Waals surface area contributed by atoms with Crippen molar-refractivity contribution in [3.05, 3.63) is 28.8 Å². The third-order valence-corrected chi connectivity index (χ3v) is 5.65. The molecule has 2 N–H and O–H groups in total. The minimum Gasteiger partial charge on any atom is -0.481 e. The lowest BCUT2D eigenvalue weighted by molar-refractivity contribution is -0.136. The first kappa shape index (κ1) is 18.9. The number of rotatable bonds is 7. The zero-order valence-electron chi connectivity index (χ0n) is 12.8. The number of aliphatic carboxylic acids is 1. The van der Waals surface area contributed by atoms with E-state index in [4.69, 9.17) is 21.4 Å². The lowest BCUT2D eigenvalue weighted by Gasteiger charge is -2.23. The highest BCUT2D eigenvalue weighted by molar-refractivity contribution is 7.89. The van der Waals surface area contributed by atoms with Crippen LogP contribution in [0.5, 0.6) is 0 Å². The second-order valence-corrected chi connectivity index (χ2v) is 7.56. The molecule has 0 aliphatic carbocycles. The Kier molecular flexibility index (Phi) is 6.34. The molecule has 0 saturated carbocycles. The number of carbonyl (C=O) groups is 2. The lowest BCUT2D eigenvalue weighted by atomic mass is 10.1. The molecule has 7 nitrogen and oxygen atoms in total. The molecule has 24 heavy (non-hydrogen) atoms. The number of benzene rings is 1. The molecule has 1 aromatic carbocycles. The number of ether oxygens (including phenoxy) is 1. The summed E-state index contributed by atoms with van der Waals surface area (Å²) in [4.78, 5) is 22.4. The summed E-state index contributed by atoms with van der Waals surface area (Å²) in [5, 5.41) is 8.63. The van der Waals surface area contributed by atoms with Crippen molar-refractivity contribution in [2.24, 2.45) is 0 Å². The van der Waals surface area contributed by atoms with Crippen molar-refractivity contribution in [3.8, 4) is 0 Å². The van der Waals surface area contributed by atoms with Gasteiger partial charge in [-0.25, -0.2) is 13.1 Å². The average molecular weight is 376 g/mol. The molecule has 1 aliphatic heterocycles. The first-order valence-corrected chi connectivity index (χ1v) is 9.30. The van der Waals surface area contributed by atoms with E-state index in [1.54, 1.807) is 0 Å². The van der Waals surface area contributed by atoms with Gasteiger partial charge in [-0.05, 0) is 31.0 Å². The van der Waals surface area contributed by atoms with Crippen LogP contribution in [-0.4, -0.2) is 44.5 Å². The van der Waals surface area contributed by atoms with E-state index < -0.39 is 21.8 Å². The molecule has 2 rings (SSSR count). The molecule has 9 heteroatoms. The largest absolute Gasteiger partial charge is 0.481 e. The van der Waals surface area contributed by atoms with Crippen LogP contribution in [0.25, 0.3) is 0 Å². The minimum atomic E-state index is -3.88. The molecular weight excluding hydrogens is 358 g/mol. The molecule has 0 bridgehead atoms. The van der Waals surface area contributed by atoms with Gasteiger partial charge in [0.25, 0.3) is 0 Å². The molecule has 1 aromatic rings. The van der Waals surface area contributed by atoms with Crippen LogP contribution < -0.4 is 4.72 Å². The third-order valence-electron chi connectivity index (χ3n) is 3.65. The zero-order valence-corrected chi connectivity index (χ0v) is 14.4. The highest BCUT2D eigenvalue weighted by atomic mass is 35.5. The number of ketones is 1. The van der Waals surface area contributed by atoms with Gasteiger partial charge in [-0.3, -0.25) is 9.59 Å². The molecule has 0 amide bonds. The van der Waals surface area contributed by atoms with E-state index in [1.807, 2.05) is 0 Å². The number of carbonyl (C=O) groups excluding carboxylic acids is 1. The van der Waals surface area contributed by atoms with Crippen molar-refractivity contribution in [1.29, 1.82) is 0 Å². The van der Waals surface area contributed by atoms with Gasteiger partial charge in [0.1, 0.15) is 4.90 Å². The molecule has 0 atom stereocenters. The summed E-state index contributed by atoms with van der Waals surface area (Å²) in [5.74, 6) is -1.54. The number of carboxylic acids is 1. The second kappa shape index (κ2) is 8.06. The normalized spacial score (nSPS) is 16.0. The van der Waals surface area contributed by atoms with Crippen molar-refractivity contribution < 1.29 is 27.9 Å². The number of nitrogens with one attached hydrogen (secondary N) is 1. The van der Waals surface area contributed by atoms with Crippen LogP contribution in [0.2, 0.25) is 5.02 Å². The summed E-state index contributed by atoms with van der Waals surface area (Å²) >= 11 is 5.98. The van der Waals surface area contributed by atoms with E-state index in [0.29, 0.717) is 26.1 Å². The molecule has 0 aromatic heterocycles. The van der Waals surface area contributed by atoms with Crippen molar-refractivity contribution in [2.45, 2.75) is 36.6 Å². The van der Waals surface area contributed by atoms with Crippen molar-refractivity contribution in [1.82, 2.24) is 4.72 Å². The summed E-state index contributed by atoms with van der Waals surface area (Å²) in [6, 6.07) is 3.66. The van der Waals surface area contributed by atoms with E-state index in [-0.39, 0.29) is 34.4 Å². The van der Waals surface area contributed by atoms with E-state index >= 15 is 0 Å². The molecule has 1 heterocycles. The van der Waals surface area contributed by atoms with Gasteiger partial charge in [0.15, 0.2) is 5.78 Å². The number of hydrogen-bond donors (Lipinski definition) is 2. The van der Waals surface area contributed by atoms with Gasteiger partial charge in [-0.15, -0.1) is 0 Å². The van der Waals surface area contributed by atoms with Gasteiger partial charge < -0.3 is 9.84 Å². The fraction of sp³-hybridized carbons (Fsp3) is 0.467. The average Bonchev–Trinajstić information content (AvgIpc) is 2.53. The predicted octanol–water partition coefficient (Wildman–Crippen LogP) is 1.84. The van der Waals surface area contributed by atoms with Gasteiger partial charge in [-0.2, -0.15) is 0 Å². The fourth-order valence-corrected chi connectivity index (χ4v) is 4.18. The van der Waals surface area contributed by atoms with Crippen LogP contribution in [0.4, 0.5) is 0 Å². The van der Waals surface area contributed by atoms with Gasteiger partial charge in [0, 0.05) is 31.2 Å². The molecule has 0 radical (unpaired) electrons. The maximum Gasteiger partial charge on any atom is 0.303 e. The lowest BCUT2D eigenvalue weighted by Crippen LogP contribution is -2.39. The van der Waals surface area contributed by atoms with Crippen molar-refractivity contribution in [2.75, 3.05) is 13.2 Å². The standard InChI is InChI=1S/C15H18ClNO6S/c16-12-2-1-10(13(18)3-4-15(19)20)9-14(12)24(21,22)17-11-5-7-23-8-6-11/h1-2,9,11,17H,3-8H2,(H,19,20). The summed E-state index contributed by atoms with van der Waals surface area (Å²) in [6.07, 6.45) is 0.607. The molecule has 0 spiro atoms. The van der Waals surface area contributed by atoms with E-state index in [1.165, 1.54) is 18.2 Å². The van der Waals surface area contributed by atoms with Crippen LogP contribution in [0.15, 0.2) is 23.1 Å². The quantitative estimate of drug-likeness (QED) is 0.704. The van der Waals surface area contributed by atoms with Crippen LogP contribution >= 0.6 is 11.6 Å². The minimum absolute atomic E-state index is 0.00402. The van der Waals surface area contributed by atoms with Gasteiger partial charge in [0.2, 0.25) is 10.0 Å². The maximum atomic E-state index is 12.5. The number of halogens is 1. The van der Waals surface area contributed by atoms with Crippen LogP contribution in [0.3, 0.4) is 0 Å². The van der Waals surface area contributed by atoms with Crippen molar-refractivity contribution in [3.63, 3.8) is 0 Å². The summed E-state index contributed by atoms with van der Waals surface area (Å²) in [6.45, 7) is 0.962. The Hall–Kier alpha value is -1.48. The second-order valence-electron chi connectivity index (χ2n) is 5.47. The maximum absolute atomic E-state index is 12.5. The SMILES string of the molecule is O=C(O)CCC(=O)c1ccc(Cl)c(S(=O)(=O)NC2CCOCC2)c1. The first-order chi connectivity index (χ1) is 11.3. The molecule has 1 fully saturated rings. The predicted molar refractivity (Wildman–Crippen MR) is 86.8 cm³/mol. The van der Waals surface area contributed by atoms with E-state index in [0.717, 1.165) is 0 Å². The smallest absolute Gasteiger partial charge is 0.303 e. The Bertz CT molecular complexity index is 727. The molecular formula is C15H18ClNO6S. The van der Waals surface area contributed by atoms with E-state index in [9.17, 15) is 18.0 Å². The molecule has 132 valence electrons. The number of Topliss-reactive ketones (excluding diaryl/α,β-unsaturated/α-hetero) is 1. The number of sulfonamides is 1. The Balaban J connectivity index is 2.20. The van der Waals surface area contributed by atoms with Crippen LogP contribution in [0, 0.1) is 0 Å². The molecule has 0 unspecified atom stereocenters. The van der Waals surface area contributed by atoms with E-state index in [2.05, 4.69) is 4.72 Å². The Morgan fingerprint density at radius 1 is 1.25 bits per heavy atom. The number of carboxylic acid groups (broad SMARTS) is 1. The number of hydrogen-bond acceptors (Lipinski definition) is 5. The first-order valence-electron chi connectivity index (χ1n) is 7.44. The third kappa shape index (κ3) is 5.01. The summed E-state index contributed by atoms with van der Waals surface area (Å²) in [5.41, 5.74) is 0.119. The zero-order chi connectivity index (χ0) is 17.7. The monoisotopic (exact) mass is 375 g/mol. The van der Waals surface area contributed by atoms with Crippen LogP contribution in [-0.2, 0) is 19.6 Å². The molecule has 1 aliphatic rings. The Morgan fingerprint density at radius 3 is 2.54 bits per heavy atom. The fourth-order valence-electron chi connectivity index (χ4n) is 2.35. The Labute approximate surface area is 145 Å².